The first-order valence-corrected chi connectivity index (χ1v) is 4.85. The fraction of sp³-hybridized carbons (Fsp3) is 0.455. The molecular weight excluding hydrogens is 186 g/mol. The van der Waals surface area contributed by atoms with E-state index in [9.17, 15) is 13.9 Å². The molecular formula is C11H12F2O. The van der Waals surface area contributed by atoms with E-state index in [4.69, 9.17) is 0 Å². The third-order valence-corrected chi connectivity index (χ3v) is 2.73. The van der Waals surface area contributed by atoms with E-state index in [0.29, 0.717) is 18.4 Å². The van der Waals surface area contributed by atoms with Crippen molar-refractivity contribution < 1.29 is 13.9 Å². The van der Waals surface area contributed by atoms with Crippen molar-refractivity contribution in [3.8, 4) is 0 Å². The minimum absolute atomic E-state index is 0.169. The summed E-state index contributed by atoms with van der Waals surface area (Å²) in [4.78, 5) is 0. The maximum atomic E-state index is 13.4. The second kappa shape index (κ2) is 3.65. The predicted octanol–water partition coefficient (Wildman–Crippen LogP) is 2.72. The number of rotatable bonds is 0. The molecule has 76 valence electrons. The van der Waals surface area contributed by atoms with Crippen LogP contribution in [-0.2, 0) is 6.42 Å². The van der Waals surface area contributed by atoms with Gasteiger partial charge in [0, 0.05) is 5.56 Å². The largest absolute Gasteiger partial charge is 0.388 e. The Balaban J connectivity index is 2.57. The first-order valence-electron chi connectivity index (χ1n) is 4.85. The lowest BCUT2D eigenvalue weighted by atomic mass is 10.00. The monoisotopic (exact) mass is 198 g/mol. The zero-order valence-electron chi connectivity index (χ0n) is 7.76. The van der Waals surface area contributed by atoms with E-state index in [1.165, 1.54) is 0 Å². The van der Waals surface area contributed by atoms with Gasteiger partial charge in [0.15, 0.2) is 0 Å². The van der Waals surface area contributed by atoms with Crippen LogP contribution in [0.1, 0.15) is 36.5 Å². The van der Waals surface area contributed by atoms with Gasteiger partial charge in [-0.1, -0.05) is 6.42 Å². The Kier molecular flexibility index (Phi) is 2.50. The van der Waals surface area contributed by atoms with E-state index in [1.807, 2.05) is 0 Å². The molecule has 1 atom stereocenters. The molecule has 0 saturated heterocycles. The van der Waals surface area contributed by atoms with Crippen LogP contribution in [0.2, 0.25) is 0 Å². The number of fused-ring (bicyclic) bond motifs is 1. The molecule has 2 rings (SSSR count). The SMILES string of the molecule is OC1CCCCc2c(F)ccc(F)c21. The maximum absolute atomic E-state index is 13.4. The Morgan fingerprint density at radius 3 is 2.64 bits per heavy atom. The van der Waals surface area contributed by atoms with E-state index in [0.717, 1.165) is 25.0 Å². The molecule has 14 heavy (non-hydrogen) atoms. The van der Waals surface area contributed by atoms with Crippen molar-refractivity contribution in [1.82, 2.24) is 0 Å². The summed E-state index contributed by atoms with van der Waals surface area (Å²) in [6, 6.07) is 2.22. The second-order valence-corrected chi connectivity index (χ2v) is 3.68. The van der Waals surface area contributed by atoms with Gasteiger partial charge in [0.05, 0.1) is 6.10 Å². The lowest BCUT2D eigenvalue weighted by Crippen LogP contribution is -2.04. The third-order valence-electron chi connectivity index (χ3n) is 2.73. The highest BCUT2D eigenvalue weighted by Crippen LogP contribution is 2.31. The van der Waals surface area contributed by atoms with Crippen LogP contribution in [0.15, 0.2) is 12.1 Å². The molecule has 0 amide bonds. The maximum Gasteiger partial charge on any atom is 0.129 e. The molecule has 1 aliphatic rings. The molecule has 0 aromatic heterocycles. The van der Waals surface area contributed by atoms with E-state index < -0.39 is 17.7 Å². The zero-order chi connectivity index (χ0) is 10.1. The lowest BCUT2D eigenvalue weighted by Gasteiger charge is -2.12. The molecule has 3 heteroatoms. The number of aliphatic hydroxyl groups excluding tert-OH is 1. The highest BCUT2D eigenvalue weighted by atomic mass is 19.1. The number of hydrogen-bond acceptors (Lipinski definition) is 1. The van der Waals surface area contributed by atoms with E-state index in [-0.39, 0.29) is 5.56 Å². The van der Waals surface area contributed by atoms with Gasteiger partial charge < -0.3 is 5.11 Å². The summed E-state index contributed by atoms with van der Waals surface area (Å²) >= 11 is 0. The van der Waals surface area contributed by atoms with Gasteiger partial charge in [-0.15, -0.1) is 0 Å². The van der Waals surface area contributed by atoms with Gasteiger partial charge in [0.2, 0.25) is 0 Å². The summed E-state index contributed by atoms with van der Waals surface area (Å²) in [7, 11) is 0. The van der Waals surface area contributed by atoms with Crippen LogP contribution in [0.25, 0.3) is 0 Å². The average molecular weight is 198 g/mol. The first-order chi connectivity index (χ1) is 6.70. The summed E-state index contributed by atoms with van der Waals surface area (Å²) in [6.45, 7) is 0. The normalized spacial score (nSPS) is 21.5. The predicted molar refractivity (Wildman–Crippen MR) is 48.9 cm³/mol. The number of aliphatic hydroxyl groups is 1. The van der Waals surface area contributed by atoms with E-state index in [2.05, 4.69) is 0 Å². The molecule has 1 nitrogen and oxygen atoms in total. The molecule has 0 radical (unpaired) electrons. The Labute approximate surface area is 81.4 Å². The molecule has 1 aromatic carbocycles. The molecule has 0 heterocycles. The molecule has 0 fully saturated rings. The average Bonchev–Trinajstić information content (AvgIpc) is 2.35. The third kappa shape index (κ3) is 1.52. The van der Waals surface area contributed by atoms with Crippen molar-refractivity contribution in [2.24, 2.45) is 0 Å². The summed E-state index contributed by atoms with van der Waals surface area (Å²) in [5, 5.41) is 9.64. The van der Waals surface area contributed by atoms with Gasteiger partial charge in [0.25, 0.3) is 0 Å². The van der Waals surface area contributed by atoms with Crippen LogP contribution in [0.3, 0.4) is 0 Å². The zero-order valence-corrected chi connectivity index (χ0v) is 7.76. The fourth-order valence-electron chi connectivity index (χ4n) is 2.01. The Morgan fingerprint density at radius 2 is 1.86 bits per heavy atom. The summed E-state index contributed by atoms with van der Waals surface area (Å²) in [5.74, 6) is -0.891. The van der Waals surface area contributed by atoms with Crippen molar-refractivity contribution in [3.63, 3.8) is 0 Å². The van der Waals surface area contributed by atoms with Crippen LogP contribution in [0.5, 0.6) is 0 Å². The van der Waals surface area contributed by atoms with Gasteiger partial charge >= 0.3 is 0 Å². The molecule has 1 unspecified atom stereocenters. The molecule has 0 spiro atoms. The van der Waals surface area contributed by atoms with Crippen molar-refractivity contribution in [2.75, 3.05) is 0 Å². The van der Waals surface area contributed by atoms with E-state index in [1.54, 1.807) is 0 Å². The second-order valence-electron chi connectivity index (χ2n) is 3.68. The van der Waals surface area contributed by atoms with Gasteiger partial charge in [-0.3, -0.25) is 0 Å². The number of hydrogen-bond donors (Lipinski definition) is 1. The topological polar surface area (TPSA) is 20.2 Å². The quantitative estimate of drug-likeness (QED) is 0.635. The molecule has 1 aliphatic carbocycles. The summed E-state index contributed by atoms with van der Waals surface area (Å²) < 4.78 is 26.7. The molecule has 1 N–H and O–H groups in total. The van der Waals surface area contributed by atoms with Crippen LogP contribution in [0, 0.1) is 11.6 Å². The van der Waals surface area contributed by atoms with Crippen LogP contribution >= 0.6 is 0 Å². The van der Waals surface area contributed by atoms with Crippen LogP contribution in [0.4, 0.5) is 8.78 Å². The minimum Gasteiger partial charge on any atom is -0.388 e. The highest BCUT2D eigenvalue weighted by Gasteiger charge is 2.22. The van der Waals surface area contributed by atoms with E-state index >= 15 is 0 Å². The summed E-state index contributed by atoms with van der Waals surface area (Å²) in [5.41, 5.74) is 0.525. The van der Waals surface area contributed by atoms with Crippen molar-refractivity contribution in [3.05, 3.63) is 34.9 Å². The molecule has 1 aromatic rings. The Hall–Kier alpha value is -0.960. The smallest absolute Gasteiger partial charge is 0.129 e. The standard InChI is InChI=1S/C11H12F2O/c12-8-5-6-9(13)11-7(8)3-1-2-4-10(11)14/h5-6,10,14H,1-4H2. The fourth-order valence-corrected chi connectivity index (χ4v) is 2.01. The van der Waals surface area contributed by atoms with Crippen molar-refractivity contribution >= 4 is 0 Å². The van der Waals surface area contributed by atoms with Crippen LogP contribution < -0.4 is 0 Å². The number of benzene rings is 1. The highest BCUT2D eigenvalue weighted by molar-refractivity contribution is 5.33. The minimum atomic E-state index is -0.844. The van der Waals surface area contributed by atoms with Gasteiger partial charge in [-0.2, -0.15) is 0 Å². The van der Waals surface area contributed by atoms with Gasteiger partial charge in [0.1, 0.15) is 11.6 Å². The van der Waals surface area contributed by atoms with Crippen molar-refractivity contribution in [1.29, 1.82) is 0 Å². The van der Waals surface area contributed by atoms with Gasteiger partial charge in [-0.05, 0) is 37.0 Å². The lowest BCUT2D eigenvalue weighted by molar-refractivity contribution is 0.161. The Bertz CT molecular complexity index is 349. The first kappa shape index (κ1) is 9.59. The van der Waals surface area contributed by atoms with Crippen LogP contribution in [-0.4, -0.2) is 5.11 Å². The molecule has 0 aliphatic heterocycles. The van der Waals surface area contributed by atoms with Crippen molar-refractivity contribution in [2.45, 2.75) is 31.8 Å². The number of halogens is 2. The molecule has 0 bridgehead atoms. The van der Waals surface area contributed by atoms with Gasteiger partial charge in [-0.25, -0.2) is 8.78 Å². The summed E-state index contributed by atoms with van der Waals surface area (Å²) in [6.07, 6.45) is 1.82. The Morgan fingerprint density at radius 1 is 1.14 bits per heavy atom. The molecule has 0 saturated carbocycles.